The second-order valence-corrected chi connectivity index (χ2v) is 13.8. The summed E-state index contributed by atoms with van der Waals surface area (Å²) in [6, 6.07) is 5.81. The highest BCUT2D eigenvalue weighted by Crippen LogP contribution is 2.29. The summed E-state index contributed by atoms with van der Waals surface area (Å²) in [6.45, 7) is 26.1. The standard InChI is InChI=1S/C10H14N2OS2.C7H9NO4.C6H7NO2.C4H8BrNO.4C3H8/c1-2-11-9(13)6-8-14-15-10-5-3-4-7-12-10;1-2-7(11)12-8-5(9)3-4-6(8)10;1-2-7-5(8)3-4-6(7)9;1-2-6-4(7)3-5;4*1-3-2/h3-5,7H,2,6,8H2,1H3,(H,11,13);2-4H2,1H3;3-4H,2H2,1H3;2-3H2,1H3,(H,6,7);4*3H2,1-2H3. The van der Waals surface area contributed by atoms with Crippen molar-refractivity contribution in [1.82, 2.24) is 25.6 Å². The Kier molecular flexibility index (Phi) is 52.0. The van der Waals surface area contributed by atoms with E-state index in [-0.39, 0.29) is 42.9 Å². The summed E-state index contributed by atoms with van der Waals surface area (Å²) in [5, 5.41) is 7.31. The van der Waals surface area contributed by atoms with Crippen molar-refractivity contribution in [3.05, 3.63) is 36.5 Å². The number of alkyl halides is 1. The molecule has 1 aromatic rings. The Morgan fingerprint density at radius 2 is 1.20 bits per heavy atom. The first kappa shape index (κ1) is 61.0. The van der Waals surface area contributed by atoms with Gasteiger partial charge in [0, 0.05) is 69.4 Å². The number of carbonyl (C=O) groups is 7. The van der Waals surface area contributed by atoms with Gasteiger partial charge in [-0.2, -0.15) is 0 Å². The molecule has 6 amide bonds. The minimum atomic E-state index is -0.571. The lowest BCUT2D eigenvalue weighted by molar-refractivity contribution is -0.197. The Labute approximate surface area is 348 Å². The minimum absolute atomic E-state index is 0.0440. The van der Waals surface area contributed by atoms with Crippen LogP contribution >= 0.6 is 37.5 Å². The Morgan fingerprint density at radius 1 is 0.745 bits per heavy atom. The van der Waals surface area contributed by atoms with Gasteiger partial charge in [0.2, 0.25) is 11.8 Å². The number of nitrogens with zero attached hydrogens (tertiary/aromatic N) is 3. The van der Waals surface area contributed by atoms with E-state index in [1.54, 1.807) is 41.6 Å². The van der Waals surface area contributed by atoms with E-state index < -0.39 is 17.8 Å². The first-order chi connectivity index (χ1) is 26.2. The molecule has 1 fully saturated rings. The van der Waals surface area contributed by atoms with E-state index in [4.69, 9.17) is 0 Å². The topological polar surface area (TPSA) is 172 Å². The number of likely N-dealkylation sites (N-methyl/N-ethyl adjacent to an activating group) is 1. The number of hydrogen-bond acceptors (Lipinski definition) is 11. The van der Waals surface area contributed by atoms with Crippen LogP contribution in [0.1, 0.15) is 134 Å². The van der Waals surface area contributed by atoms with Gasteiger partial charge in [-0.05, 0) is 43.7 Å². The van der Waals surface area contributed by atoms with Crippen LogP contribution in [0, 0.1) is 0 Å². The molecule has 13 nitrogen and oxygen atoms in total. The first-order valence-corrected chi connectivity index (χ1v) is 22.5. The third-order valence-electron chi connectivity index (χ3n) is 4.77. The molecule has 318 valence electrons. The molecule has 0 spiro atoms. The molecule has 0 radical (unpaired) electrons. The van der Waals surface area contributed by atoms with Gasteiger partial charge < -0.3 is 15.5 Å². The summed E-state index contributed by atoms with van der Waals surface area (Å²) in [4.78, 5) is 84.9. The van der Waals surface area contributed by atoms with E-state index in [1.165, 1.54) is 42.7 Å². The maximum atomic E-state index is 11.1. The zero-order valence-corrected chi connectivity index (χ0v) is 38.7. The predicted molar refractivity (Wildman–Crippen MR) is 231 cm³/mol. The van der Waals surface area contributed by atoms with Crippen LogP contribution in [-0.4, -0.2) is 87.1 Å². The minimum Gasteiger partial charge on any atom is -0.356 e. The molecular weight excluding hydrogens is 810 g/mol. The number of rotatable bonds is 11. The summed E-state index contributed by atoms with van der Waals surface area (Å²) in [5.41, 5.74) is 0. The van der Waals surface area contributed by atoms with Crippen molar-refractivity contribution in [1.29, 1.82) is 0 Å². The van der Waals surface area contributed by atoms with Gasteiger partial charge in [-0.1, -0.05) is 121 Å². The van der Waals surface area contributed by atoms with Crippen LogP contribution in [0.3, 0.4) is 0 Å². The maximum absolute atomic E-state index is 11.1. The van der Waals surface area contributed by atoms with Gasteiger partial charge in [0.05, 0.1) is 5.33 Å². The molecule has 1 saturated heterocycles. The third kappa shape index (κ3) is 41.8. The van der Waals surface area contributed by atoms with Crippen molar-refractivity contribution in [2.45, 2.75) is 139 Å². The van der Waals surface area contributed by atoms with Crippen molar-refractivity contribution >= 4 is 78.9 Å². The molecule has 0 bridgehead atoms. The first-order valence-electron chi connectivity index (χ1n) is 19.1. The molecule has 2 N–H and O–H groups in total. The van der Waals surface area contributed by atoms with E-state index in [2.05, 4.69) is 91.8 Å². The lowest BCUT2D eigenvalue weighted by Crippen LogP contribution is -2.31. The molecule has 0 unspecified atom stereocenters. The normalized spacial score (nSPS) is 11.7. The van der Waals surface area contributed by atoms with Gasteiger partial charge in [0.1, 0.15) is 5.03 Å². The van der Waals surface area contributed by atoms with Crippen LogP contribution in [0.2, 0.25) is 0 Å². The van der Waals surface area contributed by atoms with Crippen molar-refractivity contribution in [3.63, 3.8) is 0 Å². The largest absolute Gasteiger partial charge is 0.356 e. The van der Waals surface area contributed by atoms with Crippen molar-refractivity contribution in [3.8, 4) is 0 Å². The summed E-state index contributed by atoms with van der Waals surface area (Å²) >= 11 is 3.00. The Hall–Kier alpha value is -3.24. The molecule has 1 aromatic heterocycles. The van der Waals surface area contributed by atoms with Gasteiger partial charge in [-0.25, -0.2) is 9.78 Å². The summed E-state index contributed by atoms with van der Waals surface area (Å²) in [5.74, 6) is -0.895. The molecular formula is C39H70BrN5O8S2. The van der Waals surface area contributed by atoms with Gasteiger partial charge in [0.25, 0.3) is 23.6 Å². The van der Waals surface area contributed by atoms with Crippen molar-refractivity contribution < 1.29 is 38.4 Å². The molecule has 55 heavy (non-hydrogen) atoms. The van der Waals surface area contributed by atoms with Crippen LogP contribution in [0.15, 0.2) is 41.6 Å². The molecule has 16 heteroatoms. The predicted octanol–water partition coefficient (Wildman–Crippen LogP) is 8.47. The fourth-order valence-electron chi connectivity index (χ4n) is 2.73. The van der Waals surface area contributed by atoms with Crippen molar-refractivity contribution in [2.24, 2.45) is 0 Å². The second kappa shape index (κ2) is 46.9. The number of carbonyl (C=O) groups excluding carboxylic acids is 7. The smallest absolute Gasteiger partial charge is 0.332 e. The molecule has 0 aliphatic carbocycles. The van der Waals surface area contributed by atoms with E-state index in [0.29, 0.717) is 36.4 Å². The Morgan fingerprint density at radius 3 is 1.53 bits per heavy atom. The average Bonchev–Trinajstić information content (AvgIpc) is 3.66. The number of pyridine rings is 1. The Bertz CT molecular complexity index is 1140. The number of hydrogen-bond donors (Lipinski definition) is 2. The fraction of sp³-hybridized carbons (Fsp3) is 0.641. The number of aromatic nitrogens is 1. The number of hydroxylamine groups is 2. The fourth-order valence-corrected chi connectivity index (χ4v) is 4.80. The van der Waals surface area contributed by atoms with E-state index in [1.807, 2.05) is 32.0 Å². The molecule has 0 atom stereocenters. The molecule has 2 aliphatic rings. The molecule has 0 aromatic carbocycles. The second-order valence-electron chi connectivity index (χ2n) is 10.8. The zero-order valence-electron chi connectivity index (χ0n) is 35.5. The highest BCUT2D eigenvalue weighted by molar-refractivity contribution is 9.09. The van der Waals surface area contributed by atoms with Crippen LogP contribution in [-0.2, 0) is 38.4 Å². The van der Waals surface area contributed by atoms with Crippen molar-refractivity contribution in [2.75, 3.05) is 30.7 Å². The number of nitrogens with one attached hydrogen (secondary N) is 2. The van der Waals surface area contributed by atoms with E-state index in [0.717, 1.165) is 10.8 Å². The number of halogens is 1. The lowest BCUT2D eigenvalue weighted by Gasteiger charge is -2.10. The van der Waals surface area contributed by atoms with Gasteiger partial charge in [-0.3, -0.25) is 33.7 Å². The highest BCUT2D eigenvalue weighted by atomic mass is 79.9. The molecule has 3 rings (SSSR count). The summed E-state index contributed by atoms with van der Waals surface area (Å²) in [6.07, 6.45) is 10.3. The molecule has 2 aliphatic heterocycles. The zero-order chi connectivity index (χ0) is 43.5. The SMILES string of the molecule is CCC.CCC.CCC.CCC.CCC(=O)ON1C(=O)CCC1=O.CCN1C(=O)C=CC1=O.CCNC(=O)CBr.CCNC(=O)CCSSc1ccccn1. The van der Waals surface area contributed by atoms with Crippen LogP contribution in [0.4, 0.5) is 0 Å². The van der Waals surface area contributed by atoms with E-state index in [9.17, 15) is 33.6 Å². The third-order valence-corrected chi connectivity index (χ3v) is 7.54. The monoisotopic (exact) mass is 879 g/mol. The molecule has 0 saturated carbocycles. The van der Waals surface area contributed by atoms with Gasteiger partial charge >= 0.3 is 5.97 Å². The Balaban J connectivity index is -0.000000188. The van der Waals surface area contributed by atoms with Gasteiger partial charge in [0.15, 0.2) is 0 Å². The summed E-state index contributed by atoms with van der Waals surface area (Å²) in [7, 11) is 3.26. The number of imide groups is 2. The van der Waals surface area contributed by atoms with Crippen LogP contribution < -0.4 is 10.6 Å². The lowest BCUT2D eigenvalue weighted by atomic mass is 10.4. The quantitative estimate of drug-likeness (QED) is 0.0946. The van der Waals surface area contributed by atoms with Crippen LogP contribution in [0.5, 0.6) is 0 Å². The highest BCUT2D eigenvalue weighted by Gasteiger charge is 2.32. The van der Waals surface area contributed by atoms with Gasteiger partial charge in [-0.15, -0.1) is 5.06 Å². The van der Waals surface area contributed by atoms with Crippen LogP contribution in [0.25, 0.3) is 0 Å². The molecule has 3 heterocycles. The summed E-state index contributed by atoms with van der Waals surface area (Å²) < 4.78 is 0. The van der Waals surface area contributed by atoms with E-state index >= 15 is 0 Å². The average molecular weight is 881 g/mol. The number of amides is 6. The maximum Gasteiger partial charge on any atom is 0.332 e.